The van der Waals surface area contributed by atoms with Crippen LogP contribution in [-0.2, 0) is 4.74 Å². The Bertz CT molecular complexity index is 348. The first-order valence-corrected chi connectivity index (χ1v) is 5.63. The van der Waals surface area contributed by atoms with Crippen molar-refractivity contribution in [2.75, 3.05) is 25.2 Å². The van der Waals surface area contributed by atoms with Crippen molar-refractivity contribution in [1.29, 1.82) is 0 Å². The Balaban J connectivity index is 2.95. The Kier molecular flexibility index (Phi) is 5.18. The molecule has 0 bridgehead atoms. The van der Waals surface area contributed by atoms with E-state index in [4.69, 9.17) is 27.9 Å². The van der Waals surface area contributed by atoms with Crippen molar-refractivity contribution in [3.63, 3.8) is 0 Å². The molecule has 0 aliphatic rings. The molecular weight excluding hydrogens is 251 g/mol. The number of aromatic nitrogens is 3. The molecule has 0 atom stereocenters. The summed E-state index contributed by atoms with van der Waals surface area (Å²) in [6.45, 7) is 5.31. The van der Waals surface area contributed by atoms with Gasteiger partial charge in [-0.3, -0.25) is 0 Å². The highest BCUT2D eigenvalue weighted by Crippen LogP contribution is 2.23. The second kappa shape index (κ2) is 6.18. The zero-order valence-corrected chi connectivity index (χ0v) is 11.0. The second-order valence-corrected chi connectivity index (χ2v) is 4.17. The third kappa shape index (κ3) is 3.43. The molecule has 0 spiro atoms. The van der Waals surface area contributed by atoms with Crippen molar-refractivity contribution >= 4 is 29.0 Å². The van der Waals surface area contributed by atoms with Crippen LogP contribution in [0.1, 0.15) is 13.8 Å². The van der Waals surface area contributed by atoms with Crippen molar-refractivity contribution < 1.29 is 4.74 Å². The molecule has 0 aliphatic carbocycles. The molecule has 7 heteroatoms. The third-order valence-electron chi connectivity index (χ3n) is 2.03. The molecule has 90 valence electrons. The molecule has 0 aromatic carbocycles. The lowest BCUT2D eigenvalue weighted by molar-refractivity contribution is 0.203. The summed E-state index contributed by atoms with van der Waals surface area (Å²) in [4.78, 5) is 6.04. The predicted octanol–water partition coefficient (Wildman–Crippen LogP) is 2.04. The van der Waals surface area contributed by atoms with E-state index in [1.807, 2.05) is 18.7 Å². The maximum absolute atomic E-state index is 5.94. The van der Waals surface area contributed by atoms with E-state index in [-0.39, 0.29) is 16.5 Å². The van der Waals surface area contributed by atoms with Crippen LogP contribution in [0.25, 0.3) is 0 Å². The van der Waals surface area contributed by atoms with E-state index in [0.717, 1.165) is 0 Å². The fraction of sp³-hybridized carbons (Fsp3) is 0.667. The van der Waals surface area contributed by atoms with E-state index in [9.17, 15) is 0 Å². The molecule has 1 rings (SSSR count). The average molecular weight is 265 g/mol. The van der Waals surface area contributed by atoms with Crippen LogP contribution >= 0.6 is 23.2 Å². The maximum atomic E-state index is 5.94. The van der Waals surface area contributed by atoms with Crippen LogP contribution in [0.2, 0.25) is 10.4 Å². The molecule has 5 nitrogen and oxygen atoms in total. The minimum Gasteiger partial charge on any atom is -0.383 e. The quantitative estimate of drug-likeness (QED) is 0.815. The first-order chi connectivity index (χ1) is 7.56. The fourth-order valence-electron chi connectivity index (χ4n) is 1.27. The zero-order chi connectivity index (χ0) is 12.1. The second-order valence-electron chi connectivity index (χ2n) is 3.48. The summed E-state index contributed by atoms with van der Waals surface area (Å²) in [5.74, 6) is 0.536. The summed E-state index contributed by atoms with van der Waals surface area (Å²) in [6.07, 6.45) is 0. The lowest BCUT2D eigenvalue weighted by Gasteiger charge is -2.27. The number of ether oxygens (including phenoxy) is 1. The van der Waals surface area contributed by atoms with Crippen LogP contribution in [0.3, 0.4) is 0 Å². The summed E-state index contributed by atoms with van der Waals surface area (Å²) in [5.41, 5.74) is 0. The normalized spacial score (nSPS) is 10.9. The van der Waals surface area contributed by atoms with Gasteiger partial charge in [0.05, 0.1) is 6.61 Å². The Hall–Kier alpha value is -0.650. The Labute approximate surface area is 105 Å². The summed E-state index contributed by atoms with van der Waals surface area (Å²) in [6, 6.07) is 0.223. The van der Waals surface area contributed by atoms with Gasteiger partial charge in [-0.2, -0.15) is 4.98 Å². The number of rotatable bonds is 5. The van der Waals surface area contributed by atoms with Crippen LogP contribution < -0.4 is 4.90 Å². The zero-order valence-electron chi connectivity index (χ0n) is 9.44. The van der Waals surface area contributed by atoms with Gasteiger partial charge >= 0.3 is 0 Å². The molecule has 1 aromatic rings. The first-order valence-electron chi connectivity index (χ1n) is 4.87. The summed E-state index contributed by atoms with van der Waals surface area (Å²) < 4.78 is 5.03. The molecule has 1 aromatic heterocycles. The van der Waals surface area contributed by atoms with Crippen LogP contribution in [0.5, 0.6) is 0 Å². The van der Waals surface area contributed by atoms with Crippen molar-refractivity contribution in [1.82, 2.24) is 15.2 Å². The van der Waals surface area contributed by atoms with Crippen LogP contribution in [0.4, 0.5) is 5.82 Å². The van der Waals surface area contributed by atoms with Gasteiger partial charge < -0.3 is 9.64 Å². The lowest BCUT2D eigenvalue weighted by atomic mass is 10.3. The summed E-state index contributed by atoms with van der Waals surface area (Å²) in [5, 5.41) is 7.63. The standard InChI is InChI=1S/C9H14Cl2N4O/c1-6(2)15(4-5-16-3)8-7(10)13-14-9(11)12-8/h6H,4-5H2,1-3H3. The van der Waals surface area contributed by atoms with Crippen LogP contribution in [0, 0.1) is 0 Å². The van der Waals surface area contributed by atoms with E-state index in [0.29, 0.717) is 19.0 Å². The van der Waals surface area contributed by atoms with Crippen molar-refractivity contribution in [3.8, 4) is 0 Å². The number of hydrogen-bond donors (Lipinski definition) is 0. The van der Waals surface area contributed by atoms with E-state index >= 15 is 0 Å². The van der Waals surface area contributed by atoms with E-state index in [1.54, 1.807) is 7.11 Å². The highest BCUT2D eigenvalue weighted by molar-refractivity contribution is 6.32. The molecule has 16 heavy (non-hydrogen) atoms. The number of methoxy groups -OCH3 is 1. The minimum atomic E-state index is 0.0856. The SMILES string of the molecule is COCCN(c1nc(Cl)nnc1Cl)C(C)C. The maximum Gasteiger partial charge on any atom is 0.245 e. The minimum absolute atomic E-state index is 0.0856. The number of nitrogens with zero attached hydrogens (tertiary/aromatic N) is 4. The first kappa shape index (κ1) is 13.4. The molecular formula is C9H14Cl2N4O. The number of hydrogen-bond acceptors (Lipinski definition) is 5. The molecule has 0 fully saturated rings. The molecule has 0 N–H and O–H groups in total. The van der Waals surface area contributed by atoms with Crippen molar-refractivity contribution in [3.05, 3.63) is 10.4 Å². The van der Waals surface area contributed by atoms with E-state index in [2.05, 4.69) is 15.2 Å². The van der Waals surface area contributed by atoms with Crippen LogP contribution in [0.15, 0.2) is 0 Å². The number of anilines is 1. The predicted molar refractivity (Wildman–Crippen MR) is 64.2 cm³/mol. The Morgan fingerprint density at radius 1 is 1.31 bits per heavy atom. The highest BCUT2D eigenvalue weighted by Gasteiger charge is 2.17. The molecule has 0 unspecified atom stereocenters. The molecule has 0 radical (unpaired) electrons. The van der Waals surface area contributed by atoms with E-state index in [1.165, 1.54) is 0 Å². The third-order valence-corrected chi connectivity index (χ3v) is 2.44. The van der Waals surface area contributed by atoms with Gasteiger partial charge in [-0.05, 0) is 25.4 Å². The molecule has 0 aliphatic heterocycles. The van der Waals surface area contributed by atoms with Crippen molar-refractivity contribution in [2.45, 2.75) is 19.9 Å². The van der Waals surface area contributed by atoms with Gasteiger partial charge in [0.25, 0.3) is 0 Å². The smallest absolute Gasteiger partial charge is 0.245 e. The van der Waals surface area contributed by atoms with Crippen molar-refractivity contribution in [2.24, 2.45) is 0 Å². The van der Waals surface area contributed by atoms with Gasteiger partial charge in [-0.15, -0.1) is 10.2 Å². The summed E-state index contributed by atoms with van der Waals surface area (Å²) in [7, 11) is 1.64. The van der Waals surface area contributed by atoms with E-state index < -0.39 is 0 Å². The van der Waals surface area contributed by atoms with Gasteiger partial charge in [0.15, 0.2) is 11.0 Å². The van der Waals surface area contributed by atoms with Gasteiger partial charge in [0, 0.05) is 19.7 Å². The lowest BCUT2D eigenvalue weighted by Crippen LogP contribution is -2.35. The molecule has 0 saturated heterocycles. The van der Waals surface area contributed by atoms with Gasteiger partial charge in [0.2, 0.25) is 5.28 Å². The average Bonchev–Trinajstić information content (AvgIpc) is 2.23. The van der Waals surface area contributed by atoms with Gasteiger partial charge in [-0.25, -0.2) is 0 Å². The Morgan fingerprint density at radius 3 is 2.56 bits per heavy atom. The topological polar surface area (TPSA) is 51.1 Å². The molecule has 0 saturated carbocycles. The summed E-state index contributed by atoms with van der Waals surface area (Å²) >= 11 is 11.6. The largest absolute Gasteiger partial charge is 0.383 e. The van der Waals surface area contributed by atoms with Gasteiger partial charge in [-0.1, -0.05) is 11.6 Å². The highest BCUT2D eigenvalue weighted by atomic mass is 35.5. The van der Waals surface area contributed by atoms with Gasteiger partial charge in [0.1, 0.15) is 0 Å². The number of halogens is 2. The Morgan fingerprint density at radius 2 is 2.00 bits per heavy atom. The monoisotopic (exact) mass is 264 g/mol. The molecule has 1 heterocycles. The fourth-order valence-corrected chi connectivity index (χ4v) is 1.57. The van der Waals surface area contributed by atoms with Crippen LogP contribution in [-0.4, -0.2) is 41.5 Å². The molecule has 0 amide bonds.